The van der Waals surface area contributed by atoms with Gasteiger partial charge in [0.05, 0.1) is 5.69 Å². The highest BCUT2D eigenvalue weighted by atomic mass is 16.4. The molecule has 4 saturated carbocycles. The summed E-state index contributed by atoms with van der Waals surface area (Å²) in [6, 6.07) is 0. The number of carboxylic acid groups (broad SMARTS) is 1. The zero-order chi connectivity index (χ0) is 13.9. The van der Waals surface area contributed by atoms with Gasteiger partial charge in [-0.25, -0.2) is 9.78 Å². The van der Waals surface area contributed by atoms with Crippen LogP contribution in [0.1, 0.15) is 60.0 Å². The van der Waals surface area contributed by atoms with E-state index in [4.69, 9.17) is 5.11 Å². The molecule has 106 valence electrons. The van der Waals surface area contributed by atoms with Gasteiger partial charge in [0, 0.05) is 5.92 Å². The van der Waals surface area contributed by atoms with E-state index in [0.29, 0.717) is 23.4 Å². The number of aromatic carboxylic acids is 1. The molecule has 0 spiro atoms. The third kappa shape index (κ3) is 1.75. The third-order valence-electron chi connectivity index (χ3n) is 5.60. The Hall–Kier alpha value is -1.52. The van der Waals surface area contributed by atoms with Gasteiger partial charge in [0.25, 0.3) is 0 Å². The lowest BCUT2D eigenvalue weighted by Gasteiger charge is -2.53. The van der Waals surface area contributed by atoms with Gasteiger partial charge in [0.2, 0.25) is 0 Å². The average molecular weight is 273 g/mol. The molecule has 4 bridgehead atoms. The van der Waals surface area contributed by atoms with Crippen LogP contribution in [-0.2, 0) is 0 Å². The number of rotatable bonds is 2. The van der Waals surface area contributed by atoms with Crippen LogP contribution in [0.4, 0.5) is 0 Å². The first-order valence-corrected chi connectivity index (χ1v) is 7.56. The molecule has 4 fully saturated rings. The number of hydrogen-bond donors (Lipinski definition) is 1. The summed E-state index contributed by atoms with van der Waals surface area (Å²) in [5.41, 5.74) is 0.480. The summed E-state index contributed by atoms with van der Waals surface area (Å²) in [6.07, 6.45) is 6.65. The normalized spacial score (nSPS) is 38.1. The standard InChI is InChI=1S/C15H19N3O2/c1-7-13(15(19)20)17-18-14(16-7)12-10-3-8-2-9(5-10)6-11(12)4-8/h8-12H,2-6H2,1H3,(H,19,20). The van der Waals surface area contributed by atoms with Crippen molar-refractivity contribution in [3.63, 3.8) is 0 Å². The molecule has 0 amide bonds. The van der Waals surface area contributed by atoms with E-state index in [0.717, 1.165) is 17.7 Å². The summed E-state index contributed by atoms with van der Waals surface area (Å²) in [7, 11) is 0. The molecule has 20 heavy (non-hydrogen) atoms. The Morgan fingerprint density at radius 1 is 1.05 bits per heavy atom. The minimum absolute atomic E-state index is 0.0161. The van der Waals surface area contributed by atoms with Crippen LogP contribution in [0.25, 0.3) is 0 Å². The third-order valence-corrected chi connectivity index (χ3v) is 5.60. The summed E-state index contributed by atoms with van der Waals surface area (Å²) in [4.78, 5) is 15.5. The van der Waals surface area contributed by atoms with E-state index in [-0.39, 0.29) is 5.69 Å². The van der Waals surface area contributed by atoms with E-state index in [9.17, 15) is 4.79 Å². The highest BCUT2D eigenvalue weighted by Gasteiger charge is 2.49. The molecule has 4 aliphatic rings. The molecule has 0 atom stereocenters. The SMILES string of the molecule is Cc1nc(C2C3CC4CC(C3)CC2C4)nnc1C(=O)O. The Labute approximate surface area is 117 Å². The zero-order valence-corrected chi connectivity index (χ0v) is 11.6. The van der Waals surface area contributed by atoms with Crippen molar-refractivity contribution >= 4 is 5.97 Å². The van der Waals surface area contributed by atoms with Crippen LogP contribution in [0.2, 0.25) is 0 Å². The zero-order valence-electron chi connectivity index (χ0n) is 11.6. The molecule has 1 aromatic heterocycles. The minimum atomic E-state index is -1.04. The number of aryl methyl sites for hydroxylation is 1. The molecule has 0 saturated heterocycles. The second-order valence-corrected chi connectivity index (χ2v) is 6.87. The Morgan fingerprint density at radius 2 is 1.65 bits per heavy atom. The quantitative estimate of drug-likeness (QED) is 0.895. The fourth-order valence-corrected chi connectivity index (χ4v) is 5.11. The highest BCUT2D eigenvalue weighted by Crippen LogP contribution is 2.59. The van der Waals surface area contributed by atoms with Crippen molar-refractivity contribution < 1.29 is 9.90 Å². The Balaban J connectivity index is 1.68. The highest BCUT2D eigenvalue weighted by molar-refractivity contribution is 5.86. The molecule has 5 rings (SSSR count). The maximum atomic E-state index is 11.0. The van der Waals surface area contributed by atoms with E-state index in [1.165, 1.54) is 32.1 Å². The van der Waals surface area contributed by atoms with Gasteiger partial charge in [0.1, 0.15) is 0 Å². The van der Waals surface area contributed by atoms with Crippen molar-refractivity contribution in [3.05, 3.63) is 17.2 Å². The second kappa shape index (κ2) is 4.24. The lowest BCUT2D eigenvalue weighted by molar-refractivity contribution is -0.00606. The maximum Gasteiger partial charge on any atom is 0.358 e. The summed E-state index contributed by atoms with van der Waals surface area (Å²) in [5, 5.41) is 17.1. The van der Waals surface area contributed by atoms with Crippen molar-refractivity contribution in [2.75, 3.05) is 0 Å². The van der Waals surface area contributed by atoms with Crippen LogP contribution in [0, 0.1) is 30.6 Å². The Morgan fingerprint density at radius 3 is 2.15 bits per heavy atom. The van der Waals surface area contributed by atoms with Crippen molar-refractivity contribution in [1.29, 1.82) is 0 Å². The Bertz CT molecular complexity index is 544. The van der Waals surface area contributed by atoms with Gasteiger partial charge in [-0.05, 0) is 62.7 Å². The first kappa shape index (κ1) is 12.2. The summed E-state index contributed by atoms with van der Waals surface area (Å²) < 4.78 is 0. The van der Waals surface area contributed by atoms with Gasteiger partial charge in [-0.1, -0.05) is 0 Å². The molecule has 1 aromatic rings. The predicted molar refractivity (Wildman–Crippen MR) is 71.3 cm³/mol. The lowest BCUT2D eigenvalue weighted by Crippen LogP contribution is -2.44. The van der Waals surface area contributed by atoms with E-state index < -0.39 is 5.97 Å². The molecule has 0 aliphatic heterocycles. The maximum absolute atomic E-state index is 11.0. The van der Waals surface area contributed by atoms with Gasteiger partial charge >= 0.3 is 5.97 Å². The van der Waals surface area contributed by atoms with Gasteiger partial charge < -0.3 is 5.11 Å². The monoisotopic (exact) mass is 273 g/mol. The smallest absolute Gasteiger partial charge is 0.358 e. The van der Waals surface area contributed by atoms with E-state index in [2.05, 4.69) is 15.2 Å². The molecule has 1 heterocycles. The van der Waals surface area contributed by atoms with Crippen LogP contribution in [0.3, 0.4) is 0 Å². The molecular formula is C15H19N3O2. The number of nitrogens with zero attached hydrogens (tertiary/aromatic N) is 3. The van der Waals surface area contributed by atoms with Crippen molar-refractivity contribution in [2.24, 2.45) is 23.7 Å². The van der Waals surface area contributed by atoms with Crippen LogP contribution < -0.4 is 0 Å². The van der Waals surface area contributed by atoms with Crippen LogP contribution in [0.5, 0.6) is 0 Å². The van der Waals surface area contributed by atoms with Gasteiger partial charge in [-0.3, -0.25) is 0 Å². The second-order valence-electron chi connectivity index (χ2n) is 6.87. The molecule has 0 unspecified atom stereocenters. The topological polar surface area (TPSA) is 76.0 Å². The largest absolute Gasteiger partial charge is 0.476 e. The van der Waals surface area contributed by atoms with Gasteiger partial charge in [-0.15, -0.1) is 10.2 Å². The van der Waals surface area contributed by atoms with Gasteiger partial charge in [-0.2, -0.15) is 0 Å². The molecule has 4 aliphatic carbocycles. The molecule has 0 radical (unpaired) electrons. The first-order chi connectivity index (χ1) is 9.61. The van der Waals surface area contributed by atoms with E-state index >= 15 is 0 Å². The fraction of sp³-hybridized carbons (Fsp3) is 0.733. The number of aromatic nitrogens is 3. The predicted octanol–water partition coefficient (Wildman–Crippen LogP) is 2.42. The number of hydrogen-bond acceptors (Lipinski definition) is 4. The summed E-state index contributed by atoms with van der Waals surface area (Å²) in [6.45, 7) is 1.72. The molecule has 5 heteroatoms. The molecule has 5 nitrogen and oxygen atoms in total. The van der Waals surface area contributed by atoms with Crippen LogP contribution >= 0.6 is 0 Å². The van der Waals surface area contributed by atoms with Crippen LogP contribution in [-0.4, -0.2) is 26.3 Å². The van der Waals surface area contributed by atoms with Crippen molar-refractivity contribution in [3.8, 4) is 0 Å². The number of carbonyl (C=O) groups is 1. The van der Waals surface area contributed by atoms with E-state index in [1.54, 1.807) is 6.92 Å². The lowest BCUT2D eigenvalue weighted by atomic mass is 9.52. The first-order valence-electron chi connectivity index (χ1n) is 7.56. The Kier molecular flexibility index (Phi) is 2.59. The average Bonchev–Trinajstić information content (AvgIpc) is 2.37. The molecular weight excluding hydrogens is 254 g/mol. The van der Waals surface area contributed by atoms with Crippen molar-refractivity contribution in [2.45, 2.75) is 44.9 Å². The van der Waals surface area contributed by atoms with Gasteiger partial charge in [0.15, 0.2) is 11.5 Å². The fourth-order valence-electron chi connectivity index (χ4n) is 5.11. The molecule has 1 N–H and O–H groups in total. The summed E-state index contributed by atoms with van der Waals surface area (Å²) in [5.74, 6) is 3.39. The van der Waals surface area contributed by atoms with Crippen molar-refractivity contribution in [1.82, 2.24) is 15.2 Å². The number of carboxylic acids is 1. The summed E-state index contributed by atoms with van der Waals surface area (Å²) >= 11 is 0. The van der Waals surface area contributed by atoms with Crippen LogP contribution in [0.15, 0.2) is 0 Å². The minimum Gasteiger partial charge on any atom is -0.476 e. The van der Waals surface area contributed by atoms with E-state index in [1.807, 2.05) is 0 Å². The molecule has 0 aromatic carbocycles.